The fourth-order valence-electron chi connectivity index (χ4n) is 4.93. The monoisotopic (exact) mass is 471 g/mol. The third-order valence-electron chi connectivity index (χ3n) is 6.70. The van der Waals surface area contributed by atoms with Gasteiger partial charge in [0.1, 0.15) is 11.4 Å². The number of amides is 1. The summed E-state index contributed by atoms with van der Waals surface area (Å²) in [6.07, 6.45) is 4.10. The van der Waals surface area contributed by atoms with Crippen LogP contribution in [0.4, 0.5) is 0 Å². The van der Waals surface area contributed by atoms with Gasteiger partial charge in [0.2, 0.25) is 0 Å². The van der Waals surface area contributed by atoms with E-state index in [2.05, 4.69) is 12.2 Å². The molecule has 0 saturated carbocycles. The van der Waals surface area contributed by atoms with Crippen LogP contribution in [0.1, 0.15) is 66.6 Å². The van der Waals surface area contributed by atoms with Crippen molar-refractivity contribution in [2.45, 2.75) is 57.2 Å². The third kappa shape index (κ3) is 5.50. The van der Waals surface area contributed by atoms with Gasteiger partial charge in [-0.3, -0.25) is 9.59 Å². The van der Waals surface area contributed by atoms with Gasteiger partial charge in [-0.15, -0.1) is 0 Å². The third-order valence-corrected chi connectivity index (χ3v) is 6.96. The average molecular weight is 472 g/mol. The van der Waals surface area contributed by atoms with Crippen molar-refractivity contribution in [1.82, 2.24) is 5.32 Å². The van der Waals surface area contributed by atoms with E-state index in [9.17, 15) is 9.59 Å². The normalized spacial score (nSPS) is 23.7. The molecule has 6 nitrogen and oxygen atoms in total. The molecule has 0 aromatic heterocycles. The summed E-state index contributed by atoms with van der Waals surface area (Å²) in [4.78, 5) is 23.3. The van der Waals surface area contributed by atoms with Crippen LogP contribution in [-0.2, 0) is 16.0 Å². The number of carboxylic acid groups (broad SMARTS) is 1. The average Bonchev–Trinajstić information content (AvgIpc) is 2.81. The van der Waals surface area contributed by atoms with Crippen LogP contribution in [-0.4, -0.2) is 35.7 Å². The first-order valence-corrected chi connectivity index (χ1v) is 11.9. The molecule has 0 radical (unpaired) electrons. The van der Waals surface area contributed by atoms with Crippen molar-refractivity contribution in [3.8, 4) is 5.75 Å². The zero-order chi connectivity index (χ0) is 23.4. The molecule has 2 heterocycles. The number of fused-ring (bicyclic) bond motifs is 3. The fraction of sp³-hybridized carbons (Fsp3) is 0.462. The van der Waals surface area contributed by atoms with Crippen LogP contribution in [0, 0.1) is 5.92 Å². The highest BCUT2D eigenvalue weighted by molar-refractivity contribution is 6.30. The molecule has 0 bridgehead atoms. The standard InChI is InChI=1S/C26H30ClNO5/c1-26(13-3-14-28-25(31)18-7-9-19(27)10-8-18)21-4-2-15-32-24(21)20-11-5-17(6-12-23(29)30)16-22(20)33-26/h5,7-11,16,21,24H,2-4,6,12-15H2,1H3,(H,28,31)(H,29,30)/t21-,24+,26-/m1/s1. The predicted octanol–water partition coefficient (Wildman–Crippen LogP) is 5.19. The molecular weight excluding hydrogens is 442 g/mol. The molecule has 2 aliphatic heterocycles. The number of carbonyl (C=O) groups excluding carboxylic acids is 1. The number of hydrogen-bond acceptors (Lipinski definition) is 4. The van der Waals surface area contributed by atoms with Gasteiger partial charge < -0.3 is 19.9 Å². The molecule has 2 aliphatic rings. The number of carboxylic acids is 1. The second kappa shape index (κ2) is 10.1. The van der Waals surface area contributed by atoms with Gasteiger partial charge in [0.05, 0.1) is 6.10 Å². The Hall–Kier alpha value is -2.57. The van der Waals surface area contributed by atoms with Crippen LogP contribution in [0.25, 0.3) is 0 Å². The molecule has 33 heavy (non-hydrogen) atoms. The highest BCUT2D eigenvalue weighted by atomic mass is 35.5. The summed E-state index contributed by atoms with van der Waals surface area (Å²) >= 11 is 5.90. The molecule has 4 rings (SSSR count). The summed E-state index contributed by atoms with van der Waals surface area (Å²) in [6, 6.07) is 12.8. The Kier molecular flexibility index (Phi) is 7.25. The minimum absolute atomic E-state index is 0.0234. The highest BCUT2D eigenvalue weighted by Gasteiger charge is 2.48. The molecule has 2 aromatic rings. The van der Waals surface area contributed by atoms with Crippen LogP contribution in [0.3, 0.4) is 0 Å². The highest BCUT2D eigenvalue weighted by Crippen LogP contribution is 2.51. The molecule has 0 aliphatic carbocycles. The first-order chi connectivity index (χ1) is 15.9. The maximum Gasteiger partial charge on any atom is 0.303 e. The lowest BCUT2D eigenvalue weighted by Gasteiger charge is -2.49. The topological polar surface area (TPSA) is 84.9 Å². The summed E-state index contributed by atoms with van der Waals surface area (Å²) in [7, 11) is 0. The number of rotatable bonds is 8. The molecule has 0 unspecified atom stereocenters. The minimum Gasteiger partial charge on any atom is -0.487 e. The van der Waals surface area contributed by atoms with Crippen molar-refractivity contribution in [3.05, 3.63) is 64.2 Å². The summed E-state index contributed by atoms with van der Waals surface area (Å²) in [5, 5.41) is 12.6. The fourth-order valence-corrected chi connectivity index (χ4v) is 5.06. The van der Waals surface area contributed by atoms with Crippen LogP contribution >= 0.6 is 11.6 Å². The van der Waals surface area contributed by atoms with E-state index in [0.717, 1.165) is 49.2 Å². The maximum absolute atomic E-state index is 12.4. The number of nitrogens with one attached hydrogen (secondary N) is 1. The summed E-state index contributed by atoms with van der Waals surface area (Å²) < 4.78 is 12.8. The number of carbonyl (C=O) groups is 2. The lowest BCUT2D eigenvalue weighted by molar-refractivity contribution is -0.137. The lowest BCUT2D eigenvalue weighted by Crippen LogP contribution is -2.49. The largest absolute Gasteiger partial charge is 0.487 e. The Labute approximate surface area is 199 Å². The van der Waals surface area contributed by atoms with Gasteiger partial charge in [-0.25, -0.2) is 0 Å². The Morgan fingerprint density at radius 1 is 1.21 bits per heavy atom. The predicted molar refractivity (Wildman–Crippen MR) is 126 cm³/mol. The quantitative estimate of drug-likeness (QED) is 0.518. The van der Waals surface area contributed by atoms with Crippen LogP contribution in [0.5, 0.6) is 5.75 Å². The van der Waals surface area contributed by atoms with Gasteiger partial charge >= 0.3 is 5.97 Å². The van der Waals surface area contributed by atoms with Gasteiger partial charge in [-0.05, 0) is 74.9 Å². The van der Waals surface area contributed by atoms with E-state index in [-0.39, 0.29) is 24.3 Å². The minimum atomic E-state index is -0.810. The summed E-state index contributed by atoms with van der Waals surface area (Å²) in [5.74, 6) is 0.0906. The lowest BCUT2D eigenvalue weighted by atomic mass is 9.73. The van der Waals surface area contributed by atoms with E-state index in [1.807, 2.05) is 18.2 Å². The smallest absolute Gasteiger partial charge is 0.303 e. The molecule has 1 fully saturated rings. The molecule has 3 atom stereocenters. The van der Waals surface area contributed by atoms with Gasteiger partial charge in [0.15, 0.2) is 0 Å². The molecule has 1 amide bonds. The van der Waals surface area contributed by atoms with Crippen molar-refractivity contribution in [1.29, 1.82) is 0 Å². The molecule has 176 valence electrons. The van der Waals surface area contributed by atoms with E-state index in [1.165, 1.54) is 0 Å². The summed E-state index contributed by atoms with van der Waals surface area (Å²) in [6.45, 7) is 3.41. The molecular formula is C26H30ClNO5. The van der Waals surface area contributed by atoms with Gasteiger partial charge in [-0.2, -0.15) is 0 Å². The number of aryl methyl sites for hydroxylation is 1. The van der Waals surface area contributed by atoms with E-state index < -0.39 is 11.6 Å². The zero-order valence-electron chi connectivity index (χ0n) is 18.8. The Morgan fingerprint density at radius 3 is 2.76 bits per heavy atom. The van der Waals surface area contributed by atoms with Gasteiger partial charge in [0.25, 0.3) is 5.91 Å². The first kappa shape index (κ1) is 23.6. The molecule has 0 spiro atoms. The number of hydrogen-bond donors (Lipinski definition) is 2. The Morgan fingerprint density at radius 2 is 2.00 bits per heavy atom. The van der Waals surface area contributed by atoms with Crippen LogP contribution in [0.2, 0.25) is 5.02 Å². The van der Waals surface area contributed by atoms with Gasteiger partial charge in [-0.1, -0.05) is 23.7 Å². The second-order valence-corrected chi connectivity index (χ2v) is 9.52. The van der Waals surface area contributed by atoms with E-state index in [0.29, 0.717) is 23.6 Å². The second-order valence-electron chi connectivity index (χ2n) is 9.09. The number of benzene rings is 2. The molecule has 7 heteroatoms. The van der Waals surface area contributed by atoms with E-state index in [1.54, 1.807) is 24.3 Å². The first-order valence-electron chi connectivity index (χ1n) is 11.5. The van der Waals surface area contributed by atoms with Crippen molar-refractivity contribution in [3.63, 3.8) is 0 Å². The van der Waals surface area contributed by atoms with Crippen molar-refractivity contribution < 1.29 is 24.2 Å². The van der Waals surface area contributed by atoms with Gasteiger partial charge in [0, 0.05) is 41.6 Å². The molecule has 2 N–H and O–H groups in total. The van der Waals surface area contributed by atoms with E-state index >= 15 is 0 Å². The maximum atomic E-state index is 12.4. The SMILES string of the molecule is C[C@]1(CCCNC(=O)c2ccc(Cl)cc2)Oc2cc(CCC(=O)O)ccc2[C@@H]2OCCC[C@H]21. The molecule has 1 saturated heterocycles. The van der Waals surface area contributed by atoms with Crippen molar-refractivity contribution >= 4 is 23.5 Å². The van der Waals surface area contributed by atoms with Crippen LogP contribution in [0.15, 0.2) is 42.5 Å². The zero-order valence-corrected chi connectivity index (χ0v) is 19.6. The number of aliphatic carboxylic acids is 1. The van der Waals surface area contributed by atoms with Crippen molar-refractivity contribution in [2.24, 2.45) is 5.92 Å². The number of ether oxygens (including phenoxy) is 2. The molecule has 2 aromatic carbocycles. The van der Waals surface area contributed by atoms with E-state index in [4.69, 9.17) is 26.2 Å². The van der Waals surface area contributed by atoms with Crippen LogP contribution < -0.4 is 10.1 Å². The van der Waals surface area contributed by atoms with Crippen molar-refractivity contribution in [2.75, 3.05) is 13.2 Å². The number of halogens is 1. The Balaban J connectivity index is 1.42. The Bertz CT molecular complexity index is 1010. The summed E-state index contributed by atoms with van der Waals surface area (Å²) in [5.41, 5.74) is 2.16.